The highest BCUT2D eigenvalue weighted by atomic mass is 16.2. The van der Waals surface area contributed by atoms with E-state index >= 15 is 0 Å². The maximum atomic E-state index is 11.7. The molecule has 5 nitrogen and oxygen atoms in total. The molecule has 0 radical (unpaired) electrons. The first-order chi connectivity index (χ1) is 8.65. The molecule has 1 heterocycles. The molecule has 3 N–H and O–H groups in total. The van der Waals surface area contributed by atoms with Gasteiger partial charge in [0.1, 0.15) is 0 Å². The summed E-state index contributed by atoms with van der Waals surface area (Å²) in [5, 5.41) is 2.38. The van der Waals surface area contributed by atoms with Gasteiger partial charge in [-0.25, -0.2) is 0 Å². The summed E-state index contributed by atoms with van der Waals surface area (Å²) in [7, 11) is 0. The average molecular weight is 247 g/mol. The first-order valence-electron chi connectivity index (χ1n) is 6.02. The fourth-order valence-electron chi connectivity index (χ4n) is 2.04. The van der Waals surface area contributed by atoms with Crippen molar-refractivity contribution in [1.82, 2.24) is 10.2 Å². The minimum Gasteiger partial charge on any atom is -0.326 e. The van der Waals surface area contributed by atoms with E-state index in [2.05, 4.69) is 5.32 Å². The zero-order valence-electron chi connectivity index (χ0n) is 10.1. The quantitative estimate of drug-likeness (QED) is 0.787. The Morgan fingerprint density at radius 3 is 2.67 bits per heavy atom. The molecule has 1 aromatic rings. The minimum atomic E-state index is -0.357. The second kappa shape index (κ2) is 5.75. The van der Waals surface area contributed by atoms with E-state index in [1.807, 2.05) is 11.0 Å². The van der Waals surface area contributed by atoms with E-state index in [0.29, 0.717) is 12.1 Å². The van der Waals surface area contributed by atoms with E-state index in [1.54, 1.807) is 24.3 Å². The maximum absolute atomic E-state index is 11.7. The zero-order valence-corrected chi connectivity index (χ0v) is 10.1. The third-order valence-electron chi connectivity index (χ3n) is 2.96. The number of rotatable bonds is 3. The van der Waals surface area contributed by atoms with Crippen LogP contribution in [0.3, 0.4) is 0 Å². The smallest absolute Gasteiger partial charge is 0.257 e. The predicted octanol–water partition coefficient (Wildman–Crippen LogP) is -0.0240. The number of hydrogen-bond donors (Lipinski definition) is 2. The lowest BCUT2D eigenvalue weighted by Gasteiger charge is -2.14. The van der Waals surface area contributed by atoms with Crippen molar-refractivity contribution in [3.05, 3.63) is 35.9 Å². The molecule has 1 saturated heterocycles. The Labute approximate surface area is 106 Å². The lowest BCUT2D eigenvalue weighted by atomic mass is 10.2. The highest BCUT2D eigenvalue weighted by Crippen LogP contribution is 2.05. The van der Waals surface area contributed by atoms with Gasteiger partial charge in [0.05, 0.1) is 6.54 Å². The Morgan fingerprint density at radius 2 is 2.06 bits per heavy atom. The molecule has 1 atom stereocenters. The van der Waals surface area contributed by atoms with Crippen molar-refractivity contribution in [2.24, 2.45) is 5.73 Å². The second-order valence-electron chi connectivity index (χ2n) is 4.53. The summed E-state index contributed by atoms with van der Waals surface area (Å²) in [6.45, 7) is 1.76. The molecule has 96 valence electrons. The summed E-state index contributed by atoms with van der Waals surface area (Å²) in [5.41, 5.74) is 6.24. The van der Waals surface area contributed by atoms with Crippen LogP contribution in [0.5, 0.6) is 0 Å². The number of amides is 2. The van der Waals surface area contributed by atoms with Gasteiger partial charge in [0.25, 0.3) is 5.91 Å². The number of hydrogen-bond acceptors (Lipinski definition) is 4. The number of carbonyl (C=O) groups is 2. The largest absolute Gasteiger partial charge is 0.326 e. The Morgan fingerprint density at radius 1 is 1.33 bits per heavy atom. The standard InChI is InChI=1S/C13H17N3O2/c14-11-6-7-16(8-11)9-12(17)15-13(18)10-4-2-1-3-5-10/h1-5,11H,6-9,14H2,(H,15,17,18)/t11-/m1/s1. The monoisotopic (exact) mass is 247 g/mol. The van der Waals surface area contributed by atoms with Crippen LogP contribution >= 0.6 is 0 Å². The number of nitrogens with two attached hydrogens (primary N) is 1. The number of nitrogens with zero attached hydrogens (tertiary/aromatic N) is 1. The second-order valence-corrected chi connectivity index (χ2v) is 4.53. The van der Waals surface area contributed by atoms with Crippen LogP contribution in [0.15, 0.2) is 30.3 Å². The van der Waals surface area contributed by atoms with E-state index in [9.17, 15) is 9.59 Å². The first kappa shape index (κ1) is 12.7. The van der Waals surface area contributed by atoms with Crippen molar-refractivity contribution in [1.29, 1.82) is 0 Å². The van der Waals surface area contributed by atoms with Gasteiger partial charge in [-0.05, 0) is 18.6 Å². The number of imide groups is 1. The molecule has 0 aromatic heterocycles. The van der Waals surface area contributed by atoms with E-state index in [1.165, 1.54) is 0 Å². The molecular weight excluding hydrogens is 230 g/mol. The molecule has 2 amide bonds. The summed E-state index contributed by atoms with van der Waals surface area (Å²) < 4.78 is 0. The van der Waals surface area contributed by atoms with Gasteiger partial charge in [0.2, 0.25) is 5.91 Å². The molecule has 0 unspecified atom stereocenters. The topological polar surface area (TPSA) is 75.4 Å². The molecule has 0 aliphatic carbocycles. The van der Waals surface area contributed by atoms with E-state index < -0.39 is 0 Å². The Balaban J connectivity index is 1.83. The third-order valence-corrected chi connectivity index (χ3v) is 2.96. The molecule has 1 aromatic carbocycles. The summed E-state index contributed by atoms with van der Waals surface area (Å²) >= 11 is 0. The van der Waals surface area contributed by atoms with Crippen LogP contribution in [-0.2, 0) is 4.79 Å². The number of likely N-dealkylation sites (tertiary alicyclic amines) is 1. The number of nitrogens with one attached hydrogen (secondary N) is 1. The number of benzene rings is 1. The van der Waals surface area contributed by atoms with Crippen LogP contribution in [0.25, 0.3) is 0 Å². The molecular formula is C13H17N3O2. The highest BCUT2D eigenvalue weighted by molar-refractivity contribution is 6.05. The lowest BCUT2D eigenvalue weighted by Crippen LogP contribution is -2.40. The van der Waals surface area contributed by atoms with Gasteiger partial charge in [-0.15, -0.1) is 0 Å². The van der Waals surface area contributed by atoms with E-state index in [-0.39, 0.29) is 24.4 Å². The third kappa shape index (κ3) is 3.38. The van der Waals surface area contributed by atoms with Crippen LogP contribution in [0.2, 0.25) is 0 Å². The van der Waals surface area contributed by atoms with Gasteiger partial charge >= 0.3 is 0 Å². The molecule has 1 aliphatic rings. The van der Waals surface area contributed by atoms with E-state index in [0.717, 1.165) is 13.0 Å². The fourth-order valence-corrected chi connectivity index (χ4v) is 2.04. The van der Waals surface area contributed by atoms with Crippen LogP contribution in [0.1, 0.15) is 16.8 Å². The summed E-state index contributed by atoms with van der Waals surface area (Å²) in [6, 6.07) is 8.84. The van der Waals surface area contributed by atoms with Crippen molar-refractivity contribution in [2.75, 3.05) is 19.6 Å². The van der Waals surface area contributed by atoms with Gasteiger partial charge in [-0.1, -0.05) is 18.2 Å². The summed E-state index contributed by atoms with van der Waals surface area (Å²) in [6.07, 6.45) is 0.903. The van der Waals surface area contributed by atoms with Crippen molar-refractivity contribution in [2.45, 2.75) is 12.5 Å². The fraction of sp³-hybridized carbons (Fsp3) is 0.385. The zero-order chi connectivity index (χ0) is 13.0. The van der Waals surface area contributed by atoms with Crippen molar-refractivity contribution < 1.29 is 9.59 Å². The van der Waals surface area contributed by atoms with Crippen LogP contribution in [-0.4, -0.2) is 42.4 Å². The van der Waals surface area contributed by atoms with Gasteiger partial charge in [0.15, 0.2) is 0 Å². The highest BCUT2D eigenvalue weighted by Gasteiger charge is 2.21. The molecule has 1 aliphatic heterocycles. The minimum absolute atomic E-state index is 0.141. The molecule has 0 bridgehead atoms. The van der Waals surface area contributed by atoms with Crippen LogP contribution < -0.4 is 11.1 Å². The molecule has 1 fully saturated rings. The molecule has 0 spiro atoms. The van der Waals surface area contributed by atoms with Crippen molar-refractivity contribution in [3.63, 3.8) is 0 Å². The summed E-state index contributed by atoms with van der Waals surface area (Å²) in [4.78, 5) is 25.3. The Hall–Kier alpha value is -1.72. The molecule has 18 heavy (non-hydrogen) atoms. The maximum Gasteiger partial charge on any atom is 0.257 e. The normalized spacial score (nSPS) is 19.7. The van der Waals surface area contributed by atoms with Crippen LogP contribution in [0, 0.1) is 0 Å². The van der Waals surface area contributed by atoms with E-state index in [4.69, 9.17) is 5.73 Å². The molecule has 0 saturated carbocycles. The Kier molecular flexibility index (Phi) is 4.07. The average Bonchev–Trinajstić information content (AvgIpc) is 2.75. The van der Waals surface area contributed by atoms with Gasteiger partial charge in [0, 0.05) is 24.7 Å². The predicted molar refractivity (Wildman–Crippen MR) is 67.9 cm³/mol. The van der Waals surface area contributed by atoms with Gasteiger partial charge < -0.3 is 5.73 Å². The lowest BCUT2D eigenvalue weighted by molar-refractivity contribution is -0.121. The van der Waals surface area contributed by atoms with Crippen LogP contribution in [0.4, 0.5) is 0 Å². The Bertz CT molecular complexity index is 433. The van der Waals surface area contributed by atoms with Gasteiger partial charge in [-0.3, -0.25) is 19.8 Å². The first-order valence-corrected chi connectivity index (χ1v) is 6.02. The van der Waals surface area contributed by atoms with Gasteiger partial charge in [-0.2, -0.15) is 0 Å². The van der Waals surface area contributed by atoms with Crippen molar-refractivity contribution in [3.8, 4) is 0 Å². The molecule has 5 heteroatoms. The SMILES string of the molecule is N[C@@H]1CCN(CC(=O)NC(=O)c2ccccc2)C1. The number of carbonyl (C=O) groups excluding carboxylic acids is 2. The molecule has 2 rings (SSSR count). The van der Waals surface area contributed by atoms with Crippen molar-refractivity contribution >= 4 is 11.8 Å². The summed E-state index contributed by atoms with van der Waals surface area (Å²) in [5.74, 6) is -0.637.